The maximum absolute atomic E-state index is 13.5. The Kier molecular flexibility index (Phi) is 7.78. The summed E-state index contributed by atoms with van der Waals surface area (Å²) < 4.78 is 14.3. The number of pyridine rings is 1. The SMILES string of the molecule is COC1C=C(N)C=CC1n1cccc(CCO[Si](c2ccccc2)(c2ccccc2)C(C)(C)C)c1=O. The number of aromatic nitrogens is 1. The molecule has 0 amide bonds. The second-order valence-electron chi connectivity index (χ2n) is 10.2. The molecule has 188 valence electrons. The van der Waals surface area contributed by atoms with E-state index in [-0.39, 0.29) is 22.7 Å². The number of rotatable bonds is 8. The molecule has 0 aliphatic heterocycles. The van der Waals surface area contributed by atoms with Crippen LogP contribution in [-0.2, 0) is 15.6 Å². The molecule has 1 aliphatic carbocycles. The van der Waals surface area contributed by atoms with Gasteiger partial charge in [-0.15, -0.1) is 0 Å². The van der Waals surface area contributed by atoms with Gasteiger partial charge < -0.3 is 19.5 Å². The molecule has 0 saturated carbocycles. The van der Waals surface area contributed by atoms with Crippen molar-refractivity contribution in [3.05, 3.63) is 119 Å². The van der Waals surface area contributed by atoms with Gasteiger partial charge in [-0.25, -0.2) is 0 Å². The lowest BCUT2D eigenvalue weighted by Gasteiger charge is -2.43. The van der Waals surface area contributed by atoms with Crippen LogP contribution in [-0.4, -0.2) is 32.7 Å². The first-order valence-corrected chi connectivity index (χ1v) is 14.3. The first-order chi connectivity index (χ1) is 17.3. The Morgan fingerprint density at radius 1 is 0.944 bits per heavy atom. The Hall–Kier alpha value is -3.19. The van der Waals surface area contributed by atoms with Gasteiger partial charge in [0.15, 0.2) is 0 Å². The van der Waals surface area contributed by atoms with Crippen LogP contribution in [0, 0.1) is 0 Å². The summed E-state index contributed by atoms with van der Waals surface area (Å²) in [6, 6.07) is 24.7. The van der Waals surface area contributed by atoms with Gasteiger partial charge >= 0.3 is 0 Å². The molecule has 3 aromatic rings. The van der Waals surface area contributed by atoms with E-state index in [1.54, 1.807) is 11.7 Å². The highest BCUT2D eigenvalue weighted by molar-refractivity contribution is 6.99. The number of ether oxygens (including phenoxy) is 1. The molecule has 0 bridgehead atoms. The van der Waals surface area contributed by atoms with E-state index in [2.05, 4.69) is 69.3 Å². The quantitative estimate of drug-likeness (QED) is 0.476. The molecule has 1 aliphatic rings. The molecular weight excluding hydrogens is 464 g/mol. The largest absolute Gasteiger partial charge is 0.407 e. The lowest BCUT2D eigenvalue weighted by Crippen LogP contribution is -2.66. The molecule has 5 nitrogen and oxygen atoms in total. The van der Waals surface area contributed by atoms with Gasteiger partial charge in [-0.3, -0.25) is 4.79 Å². The second-order valence-corrected chi connectivity index (χ2v) is 14.5. The Labute approximate surface area is 215 Å². The molecule has 0 radical (unpaired) electrons. The average Bonchev–Trinajstić information content (AvgIpc) is 2.88. The van der Waals surface area contributed by atoms with Gasteiger partial charge in [0.2, 0.25) is 0 Å². The van der Waals surface area contributed by atoms with Crippen LogP contribution in [0.15, 0.2) is 108 Å². The van der Waals surface area contributed by atoms with Crippen LogP contribution in [0.2, 0.25) is 5.04 Å². The van der Waals surface area contributed by atoms with Crippen molar-refractivity contribution in [3.63, 3.8) is 0 Å². The molecule has 1 heterocycles. The molecule has 0 saturated heterocycles. The van der Waals surface area contributed by atoms with Crippen LogP contribution >= 0.6 is 0 Å². The third kappa shape index (κ3) is 5.02. The molecule has 36 heavy (non-hydrogen) atoms. The summed E-state index contributed by atoms with van der Waals surface area (Å²) in [4.78, 5) is 13.5. The van der Waals surface area contributed by atoms with Crippen molar-refractivity contribution in [2.45, 2.75) is 44.4 Å². The summed E-state index contributed by atoms with van der Waals surface area (Å²) in [5, 5.41) is 2.35. The number of allylic oxidation sites excluding steroid dienone is 1. The van der Waals surface area contributed by atoms with Crippen molar-refractivity contribution in [3.8, 4) is 0 Å². The molecule has 0 spiro atoms. The third-order valence-corrected chi connectivity index (χ3v) is 12.0. The Morgan fingerprint density at radius 3 is 2.11 bits per heavy atom. The van der Waals surface area contributed by atoms with E-state index in [0.717, 1.165) is 5.56 Å². The molecule has 2 atom stereocenters. The highest BCUT2D eigenvalue weighted by Gasteiger charge is 2.50. The summed E-state index contributed by atoms with van der Waals surface area (Å²) >= 11 is 0. The fraction of sp³-hybridized carbons (Fsp3) is 0.300. The highest BCUT2D eigenvalue weighted by Crippen LogP contribution is 2.36. The van der Waals surface area contributed by atoms with Gasteiger partial charge in [0.1, 0.15) is 6.10 Å². The zero-order valence-electron chi connectivity index (χ0n) is 21.6. The maximum atomic E-state index is 13.5. The van der Waals surface area contributed by atoms with Crippen molar-refractivity contribution in [2.24, 2.45) is 5.73 Å². The Bertz CT molecular complexity index is 1240. The van der Waals surface area contributed by atoms with Crippen LogP contribution in [0.1, 0.15) is 32.4 Å². The number of methoxy groups -OCH3 is 1. The molecule has 0 fully saturated rings. The summed E-state index contributed by atoms with van der Waals surface area (Å²) in [5.41, 5.74) is 7.27. The van der Waals surface area contributed by atoms with E-state index in [1.165, 1.54) is 10.4 Å². The topological polar surface area (TPSA) is 66.5 Å². The minimum absolute atomic E-state index is 0.0332. The van der Waals surface area contributed by atoms with Crippen molar-refractivity contribution in [1.82, 2.24) is 4.57 Å². The number of benzene rings is 2. The highest BCUT2D eigenvalue weighted by atomic mass is 28.4. The number of nitrogens with two attached hydrogens (primary N) is 1. The van der Waals surface area contributed by atoms with E-state index in [9.17, 15) is 4.79 Å². The minimum atomic E-state index is -2.65. The predicted octanol–water partition coefficient (Wildman–Crippen LogP) is 3.94. The predicted molar refractivity (Wildman–Crippen MR) is 149 cm³/mol. The normalized spacial score (nSPS) is 18.2. The van der Waals surface area contributed by atoms with Crippen LogP contribution in [0.4, 0.5) is 0 Å². The molecule has 2 N–H and O–H groups in total. The zero-order valence-corrected chi connectivity index (χ0v) is 22.6. The fourth-order valence-electron chi connectivity index (χ4n) is 5.18. The minimum Gasteiger partial charge on any atom is -0.407 e. The van der Waals surface area contributed by atoms with E-state index in [1.807, 2.05) is 48.7 Å². The number of nitrogens with zero attached hydrogens (tertiary/aromatic N) is 1. The molecular formula is C30H36N2O3Si. The summed E-state index contributed by atoms with van der Waals surface area (Å²) in [6.45, 7) is 7.23. The van der Waals surface area contributed by atoms with Crippen molar-refractivity contribution < 1.29 is 9.16 Å². The zero-order chi connectivity index (χ0) is 25.8. The van der Waals surface area contributed by atoms with E-state index in [4.69, 9.17) is 14.9 Å². The van der Waals surface area contributed by atoms with Gasteiger partial charge in [0.25, 0.3) is 13.9 Å². The molecule has 4 rings (SSSR count). The van der Waals surface area contributed by atoms with E-state index in [0.29, 0.717) is 18.7 Å². The maximum Gasteiger partial charge on any atom is 0.261 e. The van der Waals surface area contributed by atoms with Crippen molar-refractivity contribution in [2.75, 3.05) is 13.7 Å². The van der Waals surface area contributed by atoms with Crippen molar-refractivity contribution >= 4 is 18.7 Å². The third-order valence-electron chi connectivity index (χ3n) is 6.93. The molecule has 1 aromatic heterocycles. The second kappa shape index (κ2) is 10.8. The van der Waals surface area contributed by atoms with Crippen LogP contribution in [0.25, 0.3) is 0 Å². The molecule has 6 heteroatoms. The van der Waals surface area contributed by atoms with Crippen LogP contribution in [0.5, 0.6) is 0 Å². The van der Waals surface area contributed by atoms with Gasteiger partial charge in [-0.05, 0) is 40.1 Å². The van der Waals surface area contributed by atoms with Crippen LogP contribution < -0.4 is 21.7 Å². The first-order valence-electron chi connectivity index (χ1n) is 12.4. The standard InChI is InChI=1S/C30H36N2O3Si/c1-30(2,3)36(25-13-7-5-8-14-25,26-15-9-6-10-16-26)35-21-19-23-12-11-20-32(29(23)33)27-18-17-24(31)22-28(27)34-4/h5-18,20,22,27-28H,19,21,31H2,1-4H3. The van der Waals surface area contributed by atoms with Crippen LogP contribution in [0.3, 0.4) is 0 Å². The van der Waals surface area contributed by atoms with Gasteiger partial charge in [0.05, 0.1) is 6.04 Å². The van der Waals surface area contributed by atoms with E-state index >= 15 is 0 Å². The van der Waals surface area contributed by atoms with Crippen molar-refractivity contribution in [1.29, 1.82) is 0 Å². The summed E-state index contributed by atoms with van der Waals surface area (Å²) in [7, 11) is -1.02. The Morgan fingerprint density at radius 2 is 1.56 bits per heavy atom. The van der Waals surface area contributed by atoms with Gasteiger partial charge in [0, 0.05) is 31.2 Å². The monoisotopic (exact) mass is 500 g/mol. The molecule has 2 unspecified atom stereocenters. The summed E-state index contributed by atoms with van der Waals surface area (Å²) in [6.07, 6.45) is 7.63. The first kappa shape index (κ1) is 25.9. The lowest BCUT2D eigenvalue weighted by atomic mass is 10.0. The number of hydrogen-bond donors (Lipinski definition) is 1. The Balaban J connectivity index is 1.65. The van der Waals surface area contributed by atoms with Gasteiger partial charge in [-0.1, -0.05) is 93.6 Å². The smallest absolute Gasteiger partial charge is 0.261 e. The summed E-state index contributed by atoms with van der Waals surface area (Å²) in [5.74, 6) is 0. The average molecular weight is 501 g/mol. The lowest BCUT2D eigenvalue weighted by molar-refractivity contribution is 0.106. The number of hydrogen-bond acceptors (Lipinski definition) is 4. The van der Waals surface area contributed by atoms with E-state index < -0.39 is 8.32 Å². The molecule has 2 aromatic carbocycles. The fourth-order valence-corrected chi connectivity index (χ4v) is 9.74. The van der Waals surface area contributed by atoms with Gasteiger partial charge in [-0.2, -0.15) is 0 Å².